The van der Waals surface area contributed by atoms with Crippen LogP contribution in [0.4, 0.5) is 0 Å². The fourth-order valence-corrected chi connectivity index (χ4v) is 1.53. The molecule has 1 atom stereocenters. The average molecular weight is 250 g/mol. The fraction of sp³-hybridized carbons (Fsp3) is 0.625. The summed E-state index contributed by atoms with van der Waals surface area (Å²) < 4.78 is 5.60. The minimum Gasteiger partial charge on any atom is -0.462 e. The van der Waals surface area contributed by atoms with Crippen molar-refractivity contribution in [2.45, 2.75) is 59.5 Å². The van der Waals surface area contributed by atoms with Gasteiger partial charge < -0.3 is 9.84 Å². The number of hydrogen-bond acceptors (Lipinski definition) is 2. The van der Waals surface area contributed by atoms with Gasteiger partial charge in [-0.1, -0.05) is 36.6 Å². The van der Waals surface area contributed by atoms with Crippen LogP contribution in [0, 0.1) is 12.0 Å². The van der Waals surface area contributed by atoms with Crippen molar-refractivity contribution >= 4 is 0 Å². The van der Waals surface area contributed by atoms with Crippen LogP contribution in [0.15, 0.2) is 23.3 Å². The van der Waals surface area contributed by atoms with Gasteiger partial charge in [0.2, 0.25) is 0 Å². The quantitative estimate of drug-likeness (QED) is 0.517. The van der Waals surface area contributed by atoms with E-state index in [9.17, 15) is 0 Å². The lowest BCUT2D eigenvalue weighted by atomic mass is 10.1. The molecule has 0 aliphatic carbocycles. The Hall–Kier alpha value is -1.20. The van der Waals surface area contributed by atoms with Gasteiger partial charge in [0.1, 0.15) is 12.2 Å². The Morgan fingerprint density at radius 1 is 1.28 bits per heavy atom. The molecule has 0 aromatic carbocycles. The summed E-state index contributed by atoms with van der Waals surface area (Å²) in [7, 11) is 0. The molecule has 0 aliphatic rings. The third-order valence-corrected chi connectivity index (χ3v) is 2.60. The van der Waals surface area contributed by atoms with Gasteiger partial charge in [-0.25, -0.2) is 0 Å². The van der Waals surface area contributed by atoms with Crippen molar-refractivity contribution in [3.8, 4) is 12.0 Å². The van der Waals surface area contributed by atoms with Gasteiger partial charge in [-0.05, 0) is 46.0 Å². The normalized spacial score (nSPS) is 12.6. The van der Waals surface area contributed by atoms with Crippen molar-refractivity contribution in [3.05, 3.63) is 23.3 Å². The Morgan fingerprint density at radius 3 is 2.56 bits per heavy atom. The molecule has 0 rings (SSSR count). The first-order chi connectivity index (χ1) is 8.60. The molecule has 0 saturated carbocycles. The van der Waals surface area contributed by atoms with Crippen LogP contribution < -0.4 is 0 Å². The maximum Gasteiger partial charge on any atom is 0.122 e. The molecule has 0 heterocycles. The standard InChI is InChI=1S/C16H26O2/c1-5-7-16(10-12-17)18-13-11-15(4)9-6-8-14(2)3/h8,11,16-17H,5-7,9,13H2,1-4H3/b15-11+. The first-order valence-corrected chi connectivity index (χ1v) is 6.65. The summed E-state index contributed by atoms with van der Waals surface area (Å²) in [6.07, 6.45) is 10.1. The Bertz CT molecular complexity index is 325. The molecule has 0 fully saturated rings. The summed E-state index contributed by atoms with van der Waals surface area (Å²) in [4.78, 5) is 0. The maximum absolute atomic E-state index is 8.58. The van der Waals surface area contributed by atoms with Gasteiger partial charge >= 0.3 is 0 Å². The van der Waals surface area contributed by atoms with Crippen LogP contribution in [-0.2, 0) is 4.74 Å². The topological polar surface area (TPSA) is 29.5 Å². The molecule has 0 aliphatic heterocycles. The molecule has 0 saturated heterocycles. The van der Waals surface area contributed by atoms with Crippen LogP contribution in [0.3, 0.4) is 0 Å². The summed E-state index contributed by atoms with van der Waals surface area (Å²) in [6, 6.07) is 0. The predicted molar refractivity (Wildman–Crippen MR) is 76.8 cm³/mol. The molecule has 1 unspecified atom stereocenters. The number of allylic oxidation sites excluding steroid dienone is 3. The summed E-state index contributed by atoms with van der Waals surface area (Å²) in [6.45, 7) is 9.00. The van der Waals surface area contributed by atoms with Crippen molar-refractivity contribution in [2.75, 3.05) is 6.61 Å². The molecule has 102 valence electrons. The molecule has 0 spiro atoms. The highest BCUT2D eigenvalue weighted by Crippen LogP contribution is 2.07. The van der Waals surface area contributed by atoms with Crippen LogP contribution in [0.25, 0.3) is 0 Å². The Balaban J connectivity index is 3.96. The van der Waals surface area contributed by atoms with Crippen molar-refractivity contribution < 1.29 is 9.84 Å². The van der Waals surface area contributed by atoms with Gasteiger partial charge in [-0.3, -0.25) is 0 Å². The average Bonchev–Trinajstić information content (AvgIpc) is 2.29. The molecule has 1 N–H and O–H groups in total. The van der Waals surface area contributed by atoms with E-state index in [1.54, 1.807) is 0 Å². The minimum absolute atomic E-state index is 0.151. The summed E-state index contributed by atoms with van der Waals surface area (Å²) in [5.41, 5.74) is 2.69. The SMILES string of the molecule is CCCC(C#CO)OC/C=C(\C)CCC=C(C)C. The summed E-state index contributed by atoms with van der Waals surface area (Å²) in [5, 5.41) is 8.58. The molecule has 2 nitrogen and oxygen atoms in total. The smallest absolute Gasteiger partial charge is 0.122 e. The third kappa shape index (κ3) is 9.99. The van der Waals surface area contributed by atoms with Crippen LogP contribution >= 0.6 is 0 Å². The van der Waals surface area contributed by atoms with Crippen molar-refractivity contribution in [1.82, 2.24) is 0 Å². The van der Waals surface area contributed by atoms with E-state index >= 15 is 0 Å². The number of hydrogen-bond donors (Lipinski definition) is 1. The lowest BCUT2D eigenvalue weighted by Gasteiger charge is -2.09. The number of rotatable bonds is 8. The van der Waals surface area contributed by atoms with E-state index in [2.05, 4.69) is 45.8 Å². The van der Waals surface area contributed by atoms with E-state index in [0.29, 0.717) is 6.61 Å². The van der Waals surface area contributed by atoms with Crippen LogP contribution in [0.1, 0.15) is 53.4 Å². The van der Waals surface area contributed by atoms with Crippen molar-refractivity contribution in [3.63, 3.8) is 0 Å². The highest BCUT2D eigenvalue weighted by Gasteiger charge is 2.02. The Morgan fingerprint density at radius 2 is 2.00 bits per heavy atom. The minimum atomic E-state index is -0.151. The molecule has 0 radical (unpaired) electrons. The van der Waals surface area contributed by atoms with E-state index in [1.165, 1.54) is 11.1 Å². The van der Waals surface area contributed by atoms with Gasteiger partial charge in [0, 0.05) is 0 Å². The lowest BCUT2D eigenvalue weighted by Crippen LogP contribution is -2.10. The van der Waals surface area contributed by atoms with E-state index in [4.69, 9.17) is 9.84 Å². The monoisotopic (exact) mass is 250 g/mol. The van der Waals surface area contributed by atoms with Gasteiger partial charge in [0.05, 0.1) is 6.61 Å². The predicted octanol–water partition coefficient (Wildman–Crippen LogP) is 4.20. The van der Waals surface area contributed by atoms with Crippen molar-refractivity contribution in [1.29, 1.82) is 0 Å². The Labute approximate surface area is 112 Å². The highest BCUT2D eigenvalue weighted by atomic mass is 16.5. The second kappa shape index (κ2) is 10.9. The molecule has 0 aromatic rings. The maximum atomic E-state index is 8.58. The summed E-state index contributed by atoms with van der Waals surface area (Å²) >= 11 is 0. The van der Waals surface area contributed by atoms with Crippen LogP contribution in [-0.4, -0.2) is 17.8 Å². The molecule has 0 bridgehead atoms. The van der Waals surface area contributed by atoms with Crippen LogP contribution in [0.5, 0.6) is 0 Å². The zero-order chi connectivity index (χ0) is 13.8. The van der Waals surface area contributed by atoms with Crippen molar-refractivity contribution in [2.24, 2.45) is 0 Å². The first-order valence-electron chi connectivity index (χ1n) is 6.65. The molecule has 0 aromatic heterocycles. The number of ether oxygens (including phenoxy) is 1. The van der Waals surface area contributed by atoms with Gasteiger partial charge in [0.25, 0.3) is 0 Å². The number of aliphatic hydroxyl groups is 1. The first kappa shape index (κ1) is 16.8. The Kier molecular flexibility index (Phi) is 10.2. The van der Waals surface area contributed by atoms with Gasteiger partial charge in [-0.2, -0.15) is 0 Å². The van der Waals surface area contributed by atoms with E-state index in [-0.39, 0.29) is 6.10 Å². The second-order valence-corrected chi connectivity index (χ2v) is 4.74. The summed E-state index contributed by atoms with van der Waals surface area (Å²) in [5.74, 6) is 2.66. The van der Waals surface area contributed by atoms with Crippen LogP contribution in [0.2, 0.25) is 0 Å². The molecular weight excluding hydrogens is 224 g/mol. The highest BCUT2D eigenvalue weighted by molar-refractivity contribution is 5.03. The van der Waals surface area contributed by atoms with E-state index in [0.717, 1.165) is 25.7 Å². The molecular formula is C16H26O2. The lowest BCUT2D eigenvalue weighted by molar-refractivity contribution is 0.108. The zero-order valence-electron chi connectivity index (χ0n) is 12.1. The fourth-order valence-electron chi connectivity index (χ4n) is 1.53. The second-order valence-electron chi connectivity index (χ2n) is 4.74. The molecule has 0 amide bonds. The van der Waals surface area contributed by atoms with Gasteiger partial charge in [0.15, 0.2) is 0 Å². The van der Waals surface area contributed by atoms with E-state index < -0.39 is 0 Å². The molecule has 2 heteroatoms. The van der Waals surface area contributed by atoms with Gasteiger partial charge in [-0.15, -0.1) is 0 Å². The number of aliphatic hydroxyl groups excluding tert-OH is 1. The molecule has 18 heavy (non-hydrogen) atoms. The third-order valence-electron chi connectivity index (χ3n) is 2.60. The zero-order valence-corrected chi connectivity index (χ0v) is 12.1. The van der Waals surface area contributed by atoms with E-state index in [1.807, 2.05) is 6.11 Å². The largest absolute Gasteiger partial charge is 0.462 e.